The first-order chi connectivity index (χ1) is 17.4. The van der Waals surface area contributed by atoms with E-state index in [0.717, 1.165) is 11.1 Å². The number of amides is 3. The number of nitrogens with zero attached hydrogens (tertiary/aromatic N) is 1. The lowest BCUT2D eigenvalue weighted by Crippen LogP contribution is -2.37. The Kier molecular flexibility index (Phi) is 9.58. The molecule has 3 rings (SSSR count). The molecule has 0 aliphatic carbocycles. The van der Waals surface area contributed by atoms with E-state index >= 15 is 0 Å². The molecule has 9 nitrogen and oxygen atoms in total. The van der Waals surface area contributed by atoms with Gasteiger partial charge in [0.15, 0.2) is 18.1 Å². The molecule has 3 N–H and O–H groups in total. The fourth-order valence-corrected chi connectivity index (χ4v) is 3.13. The summed E-state index contributed by atoms with van der Waals surface area (Å²) in [6, 6.07) is 21.7. The summed E-state index contributed by atoms with van der Waals surface area (Å²) in [6.45, 7) is 4.18. The number of hydrogen-bond acceptors (Lipinski definition) is 6. The Morgan fingerprint density at radius 2 is 1.69 bits per heavy atom. The Morgan fingerprint density at radius 1 is 0.889 bits per heavy atom. The van der Waals surface area contributed by atoms with Crippen LogP contribution in [0.5, 0.6) is 11.5 Å². The summed E-state index contributed by atoms with van der Waals surface area (Å²) < 4.78 is 11.3. The van der Waals surface area contributed by atoms with Crippen molar-refractivity contribution in [3.63, 3.8) is 0 Å². The van der Waals surface area contributed by atoms with Crippen LogP contribution in [0.2, 0.25) is 0 Å². The van der Waals surface area contributed by atoms with E-state index < -0.39 is 11.8 Å². The highest BCUT2D eigenvalue weighted by molar-refractivity contribution is 6.35. The highest BCUT2D eigenvalue weighted by atomic mass is 16.5. The molecular weight excluding hydrogens is 460 g/mol. The fourth-order valence-electron chi connectivity index (χ4n) is 3.13. The van der Waals surface area contributed by atoms with Gasteiger partial charge in [0, 0.05) is 12.2 Å². The van der Waals surface area contributed by atoms with E-state index in [-0.39, 0.29) is 19.1 Å². The van der Waals surface area contributed by atoms with Gasteiger partial charge in [-0.1, -0.05) is 42.5 Å². The Hall–Kier alpha value is -4.66. The normalized spacial score (nSPS) is 10.5. The van der Waals surface area contributed by atoms with Crippen molar-refractivity contribution >= 4 is 29.6 Å². The standard InChI is InChI=1S/C27H28N4O5/c1-3-35-24-15-21(17-29-31-27(34)26(33)28-16-20-9-5-4-6-10-20)12-13-23(24)36-18-25(32)30-22-11-7-8-19(2)14-22/h4-15,17H,3,16,18H2,1-2H3,(H,28,33)(H,30,32)(H,31,34)/b29-17-. The molecule has 3 amide bonds. The number of aryl methyl sites for hydroxylation is 1. The first kappa shape index (κ1) is 26.0. The maximum Gasteiger partial charge on any atom is 0.329 e. The van der Waals surface area contributed by atoms with E-state index in [0.29, 0.717) is 29.4 Å². The maximum absolute atomic E-state index is 12.2. The lowest BCUT2D eigenvalue weighted by atomic mass is 10.2. The Labute approximate surface area is 209 Å². The molecule has 0 heterocycles. The number of anilines is 1. The summed E-state index contributed by atoms with van der Waals surface area (Å²) in [5, 5.41) is 9.14. The number of ether oxygens (including phenoxy) is 2. The van der Waals surface area contributed by atoms with Crippen molar-refractivity contribution in [3.8, 4) is 11.5 Å². The van der Waals surface area contributed by atoms with Gasteiger partial charge in [-0.3, -0.25) is 14.4 Å². The summed E-state index contributed by atoms with van der Waals surface area (Å²) in [7, 11) is 0. The zero-order valence-electron chi connectivity index (χ0n) is 20.1. The predicted octanol–water partition coefficient (Wildman–Crippen LogP) is 3.18. The molecule has 186 valence electrons. The van der Waals surface area contributed by atoms with E-state index in [2.05, 4.69) is 21.2 Å². The van der Waals surface area contributed by atoms with Gasteiger partial charge in [0.1, 0.15) is 0 Å². The van der Waals surface area contributed by atoms with Crippen molar-refractivity contribution in [1.29, 1.82) is 0 Å². The molecular formula is C27H28N4O5. The number of nitrogens with one attached hydrogen (secondary N) is 3. The van der Waals surface area contributed by atoms with E-state index in [4.69, 9.17) is 9.47 Å². The van der Waals surface area contributed by atoms with Crippen LogP contribution < -0.4 is 25.5 Å². The Balaban J connectivity index is 1.52. The zero-order valence-corrected chi connectivity index (χ0v) is 20.1. The number of hydrazone groups is 1. The molecule has 0 saturated carbocycles. The monoisotopic (exact) mass is 488 g/mol. The number of carbonyl (C=O) groups excluding carboxylic acids is 3. The SMILES string of the molecule is CCOc1cc(/C=N\NC(=O)C(=O)NCc2ccccc2)ccc1OCC(=O)Nc1cccc(C)c1. The van der Waals surface area contributed by atoms with Crippen LogP contribution in [-0.2, 0) is 20.9 Å². The summed E-state index contributed by atoms with van der Waals surface area (Å²) in [5.74, 6) is -1.18. The minimum Gasteiger partial charge on any atom is -0.490 e. The van der Waals surface area contributed by atoms with Crippen LogP contribution >= 0.6 is 0 Å². The van der Waals surface area contributed by atoms with Crippen LogP contribution in [0.15, 0.2) is 77.9 Å². The Morgan fingerprint density at radius 3 is 2.44 bits per heavy atom. The van der Waals surface area contributed by atoms with Crippen LogP contribution in [-0.4, -0.2) is 37.1 Å². The van der Waals surface area contributed by atoms with E-state index in [1.54, 1.807) is 24.3 Å². The molecule has 0 fully saturated rings. The highest BCUT2D eigenvalue weighted by Crippen LogP contribution is 2.28. The average molecular weight is 489 g/mol. The third kappa shape index (κ3) is 8.28. The maximum atomic E-state index is 12.2. The van der Waals surface area contributed by atoms with E-state index in [1.807, 2.05) is 62.4 Å². The second-order valence-corrected chi connectivity index (χ2v) is 7.71. The second-order valence-electron chi connectivity index (χ2n) is 7.71. The van der Waals surface area contributed by atoms with Crippen LogP contribution in [0, 0.1) is 6.92 Å². The van der Waals surface area contributed by atoms with Crippen LogP contribution in [0.3, 0.4) is 0 Å². The van der Waals surface area contributed by atoms with Crippen molar-refractivity contribution in [2.75, 3.05) is 18.5 Å². The summed E-state index contributed by atoms with van der Waals surface area (Å²) in [6.07, 6.45) is 1.37. The highest BCUT2D eigenvalue weighted by Gasteiger charge is 2.12. The van der Waals surface area contributed by atoms with E-state index in [1.165, 1.54) is 6.21 Å². The number of carbonyl (C=O) groups is 3. The molecule has 3 aromatic rings. The van der Waals surface area contributed by atoms with Crippen molar-refractivity contribution in [2.45, 2.75) is 20.4 Å². The zero-order chi connectivity index (χ0) is 25.8. The predicted molar refractivity (Wildman–Crippen MR) is 137 cm³/mol. The summed E-state index contributed by atoms with van der Waals surface area (Å²) >= 11 is 0. The van der Waals surface area contributed by atoms with Gasteiger partial charge in [-0.15, -0.1) is 0 Å². The van der Waals surface area contributed by atoms with Crippen molar-refractivity contribution < 1.29 is 23.9 Å². The van der Waals surface area contributed by atoms with Crippen LogP contribution in [0.4, 0.5) is 5.69 Å². The first-order valence-corrected chi connectivity index (χ1v) is 11.4. The average Bonchev–Trinajstić information content (AvgIpc) is 2.87. The minimum absolute atomic E-state index is 0.199. The van der Waals surface area contributed by atoms with E-state index in [9.17, 15) is 14.4 Å². The smallest absolute Gasteiger partial charge is 0.329 e. The molecule has 0 aromatic heterocycles. The lowest BCUT2D eigenvalue weighted by molar-refractivity contribution is -0.139. The number of hydrogen-bond donors (Lipinski definition) is 3. The van der Waals surface area contributed by atoms with Gasteiger partial charge in [0.25, 0.3) is 5.91 Å². The number of benzene rings is 3. The van der Waals surface area contributed by atoms with Crippen molar-refractivity contribution in [3.05, 3.63) is 89.5 Å². The molecule has 0 unspecified atom stereocenters. The Bertz CT molecular complexity index is 1230. The summed E-state index contributed by atoms with van der Waals surface area (Å²) in [5.41, 5.74) is 5.39. The largest absolute Gasteiger partial charge is 0.490 e. The quantitative estimate of drug-likeness (QED) is 0.230. The molecule has 36 heavy (non-hydrogen) atoms. The third-order valence-electron chi connectivity index (χ3n) is 4.81. The van der Waals surface area contributed by atoms with Gasteiger partial charge in [-0.25, -0.2) is 5.43 Å². The molecule has 0 aliphatic rings. The molecule has 0 bridgehead atoms. The molecule has 0 spiro atoms. The van der Waals surface area contributed by atoms with Crippen molar-refractivity contribution in [2.24, 2.45) is 5.10 Å². The molecule has 0 radical (unpaired) electrons. The van der Waals surface area contributed by atoms with Gasteiger partial charge >= 0.3 is 11.8 Å². The second kappa shape index (κ2) is 13.3. The number of rotatable bonds is 10. The molecule has 0 saturated heterocycles. The molecule has 0 aliphatic heterocycles. The topological polar surface area (TPSA) is 118 Å². The van der Waals surface area contributed by atoms with Gasteiger partial charge in [0.05, 0.1) is 12.8 Å². The van der Waals surface area contributed by atoms with Crippen LogP contribution in [0.1, 0.15) is 23.6 Å². The van der Waals surface area contributed by atoms with Gasteiger partial charge in [-0.2, -0.15) is 5.10 Å². The van der Waals surface area contributed by atoms with Crippen LogP contribution in [0.25, 0.3) is 0 Å². The van der Waals surface area contributed by atoms with Gasteiger partial charge in [-0.05, 0) is 60.9 Å². The molecule has 3 aromatic carbocycles. The lowest BCUT2D eigenvalue weighted by Gasteiger charge is -2.13. The minimum atomic E-state index is -0.883. The van der Waals surface area contributed by atoms with Gasteiger partial charge in [0.2, 0.25) is 0 Å². The molecule has 9 heteroatoms. The third-order valence-corrected chi connectivity index (χ3v) is 4.81. The molecule has 0 atom stereocenters. The fraction of sp³-hybridized carbons (Fsp3) is 0.185. The van der Waals surface area contributed by atoms with Crippen molar-refractivity contribution in [1.82, 2.24) is 10.7 Å². The summed E-state index contributed by atoms with van der Waals surface area (Å²) in [4.78, 5) is 36.1. The van der Waals surface area contributed by atoms with Gasteiger partial charge < -0.3 is 20.1 Å². The first-order valence-electron chi connectivity index (χ1n) is 11.4.